The summed E-state index contributed by atoms with van der Waals surface area (Å²) in [6, 6.07) is 1.39. The molecule has 0 aromatic carbocycles. The van der Waals surface area contributed by atoms with Crippen LogP contribution in [0.5, 0.6) is 0 Å². The van der Waals surface area contributed by atoms with Crippen LogP contribution in [-0.4, -0.2) is 46.5 Å². The van der Waals surface area contributed by atoms with Gasteiger partial charge in [0.1, 0.15) is 16.1 Å². The van der Waals surface area contributed by atoms with Gasteiger partial charge in [-0.3, -0.25) is 10.1 Å². The monoisotopic (exact) mass is 341 g/mol. The molecule has 0 atom stereocenters. The van der Waals surface area contributed by atoms with Gasteiger partial charge in [-0.15, -0.1) is 10.2 Å². The maximum atomic E-state index is 12.5. The van der Waals surface area contributed by atoms with Crippen LogP contribution >= 0.6 is 11.3 Å². The number of carbonyl (C=O) groups is 1. The van der Waals surface area contributed by atoms with Gasteiger partial charge in [-0.2, -0.15) is 4.31 Å². The first-order chi connectivity index (χ1) is 10.5. The minimum atomic E-state index is -3.53. The summed E-state index contributed by atoms with van der Waals surface area (Å²) in [6.07, 6.45) is 3.20. The van der Waals surface area contributed by atoms with Crippen LogP contribution in [0.4, 0.5) is 5.13 Å². The number of carbonyl (C=O) groups excluding carboxylic acids is 1. The number of nitrogens with one attached hydrogen (secondary N) is 1. The quantitative estimate of drug-likeness (QED) is 0.891. The number of rotatable bonds is 4. The van der Waals surface area contributed by atoms with Gasteiger partial charge in [-0.1, -0.05) is 11.3 Å². The summed E-state index contributed by atoms with van der Waals surface area (Å²) in [5.74, 6) is -0.415. The van der Waals surface area contributed by atoms with Gasteiger partial charge in [-0.25, -0.2) is 8.42 Å². The molecule has 8 nitrogen and oxygen atoms in total. The molecule has 22 heavy (non-hydrogen) atoms. The Balaban J connectivity index is 1.85. The van der Waals surface area contributed by atoms with Gasteiger partial charge < -0.3 is 4.57 Å². The first kappa shape index (κ1) is 15.1. The summed E-state index contributed by atoms with van der Waals surface area (Å²) in [6.45, 7) is 1.06. The van der Waals surface area contributed by atoms with E-state index < -0.39 is 15.9 Å². The normalized spacial score (nSPS) is 16.0. The molecule has 2 aromatic heterocycles. The fraction of sp³-hybridized carbons (Fsp3) is 0.417. The Hall–Kier alpha value is -1.78. The van der Waals surface area contributed by atoms with Crippen molar-refractivity contribution in [3.63, 3.8) is 0 Å². The van der Waals surface area contributed by atoms with Crippen LogP contribution in [0.15, 0.2) is 22.7 Å². The van der Waals surface area contributed by atoms with E-state index in [0.29, 0.717) is 18.2 Å². The number of nitrogens with zero attached hydrogens (tertiary/aromatic N) is 4. The molecule has 3 rings (SSSR count). The van der Waals surface area contributed by atoms with E-state index in [4.69, 9.17) is 0 Å². The number of aryl methyl sites for hydroxylation is 1. The average molecular weight is 341 g/mol. The molecule has 10 heteroatoms. The van der Waals surface area contributed by atoms with Crippen LogP contribution in [0.3, 0.4) is 0 Å². The van der Waals surface area contributed by atoms with Crippen molar-refractivity contribution >= 4 is 32.4 Å². The van der Waals surface area contributed by atoms with Crippen LogP contribution < -0.4 is 5.32 Å². The van der Waals surface area contributed by atoms with Gasteiger partial charge in [0.25, 0.3) is 5.91 Å². The summed E-state index contributed by atoms with van der Waals surface area (Å²) in [7, 11) is -1.89. The molecule has 1 aliphatic rings. The topological polar surface area (TPSA) is 97.2 Å². The van der Waals surface area contributed by atoms with Crippen molar-refractivity contribution in [2.75, 3.05) is 18.4 Å². The SMILES string of the molecule is Cn1cc(S(=O)(=O)N2CCCC2)cc1C(=O)Nc1nncs1. The van der Waals surface area contributed by atoms with Gasteiger partial charge in [0.15, 0.2) is 0 Å². The molecule has 0 unspecified atom stereocenters. The molecular formula is C12H15N5O3S2. The van der Waals surface area contributed by atoms with Gasteiger partial charge >= 0.3 is 0 Å². The first-order valence-electron chi connectivity index (χ1n) is 6.72. The number of hydrogen-bond donors (Lipinski definition) is 1. The second kappa shape index (κ2) is 5.78. The summed E-state index contributed by atoms with van der Waals surface area (Å²) >= 11 is 1.19. The molecule has 0 bridgehead atoms. The second-order valence-corrected chi connectivity index (χ2v) is 7.75. The molecule has 1 N–H and O–H groups in total. The maximum absolute atomic E-state index is 12.5. The molecule has 1 amide bonds. The number of sulfonamides is 1. The third kappa shape index (κ3) is 2.76. The fourth-order valence-electron chi connectivity index (χ4n) is 2.37. The van der Waals surface area contributed by atoms with Crippen molar-refractivity contribution in [3.8, 4) is 0 Å². The van der Waals surface area contributed by atoms with Gasteiger partial charge in [0, 0.05) is 26.3 Å². The number of hydrogen-bond acceptors (Lipinski definition) is 6. The van der Waals surface area contributed by atoms with E-state index in [-0.39, 0.29) is 10.6 Å². The molecule has 118 valence electrons. The second-order valence-electron chi connectivity index (χ2n) is 4.98. The molecule has 0 radical (unpaired) electrons. The van der Waals surface area contributed by atoms with Crippen molar-refractivity contribution in [1.82, 2.24) is 19.1 Å². The molecule has 1 saturated heterocycles. The molecule has 1 aliphatic heterocycles. The molecule has 2 aromatic rings. The highest BCUT2D eigenvalue weighted by atomic mass is 32.2. The molecule has 3 heterocycles. The van der Waals surface area contributed by atoms with Gasteiger partial charge in [0.2, 0.25) is 15.2 Å². The molecule has 0 aliphatic carbocycles. The molecule has 0 spiro atoms. The molecule has 0 saturated carbocycles. The fourth-order valence-corrected chi connectivity index (χ4v) is 4.40. The smallest absolute Gasteiger partial charge is 0.274 e. The predicted molar refractivity (Wildman–Crippen MR) is 81.3 cm³/mol. The summed E-state index contributed by atoms with van der Waals surface area (Å²) in [5.41, 5.74) is 1.76. The first-order valence-corrected chi connectivity index (χ1v) is 9.04. The summed E-state index contributed by atoms with van der Waals surface area (Å²) < 4.78 is 28.0. The zero-order valence-electron chi connectivity index (χ0n) is 11.9. The summed E-state index contributed by atoms with van der Waals surface area (Å²) in [4.78, 5) is 12.3. The van der Waals surface area contributed by atoms with Gasteiger partial charge in [-0.05, 0) is 18.9 Å². The largest absolute Gasteiger partial charge is 0.345 e. The Bertz CT molecular complexity index is 776. The van der Waals surface area contributed by atoms with Crippen LogP contribution in [0.25, 0.3) is 0 Å². The Labute approximate surface area is 131 Å². The van der Waals surface area contributed by atoms with Crippen molar-refractivity contribution in [2.24, 2.45) is 7.05 Å². The Morgan fingerprint density at radius 3 is 2.73 bits per heavy atom. The minimum Gasteiger partial charge on any atom is -0.345 e. The number of aromatic nitrogens is 3. The lowest BCUT2D eigenvalue weighted by Crippen LogP contribution is -2.27. The number of anilines is 1. The van der Waals surface area contributed by atoms with Crippen molar-refractivity contribution in [1.29, 1.82) is 0 Å². The lowest BCUT2D eigenvalue weighted by atomic mass is 10.4. The third-order valence-electron chi connectivity index (χ3n) is 3.50. The van der Waals surface area contributed by atoms with E-state index in [1.54, 1.807) is 7.05 Å². The van der Waals surface area contributed by atoms with E-state index in [1.165, 1.54) is 38.0 Å². The highest BCUT2D eigenvalue weighted by Gasteiger charge is 2.29. The minimum absolute atomic E-state index is 0.138. The van der Waals surface area contributed by atoms with Gasteiger partial charge in [0.05, 0.1) is 0 Å². The Kier molecular flexibility index (Phi) is 3.98. The van der Waals surface area contributed by atoms with E-state index >= 15 is 0 Å². The van der Waals surface area contributed by atoms with Crippen molar-refractivity contribution in [3.05, 3.63) is 23.5 Å². The summed E-state index contributed by atoms with van der Waals surface area (Å²) in [5, 5.41) is 10.3. The van der Waals surface area contributed by atoms with E-state index in [2.05, 4.69) is 15.5 Å². The lowest BCUT2D eigenvalue weighted by Gasteiger charge is -2.13. The zero-order chi connectivity index (χ0) is 15.7. The van der Waals surface area contributed by atoms with E-state index in [0.717, 1.165) is 12.8 Å². The molecule has 1 fully saturated rings. The zero-order valence-corrected chi connectivity index (χ0v) is 13.5. The van der Waals surface area contributed by atoms with Crippen LogP contribution in [-0.2, 0) is 17.1 Å². The predicted octanol–water partition coefficient (Wildman–Crippen LogP) is 0.913. The van der Waals surface area contributed by atoms with Crippen LogP contribution in [0, 0.1) is 0 Å². The van der Waals surface area contributed by atoms with Crippen molar-refractivity contribution in [2.45, 2.75) is 17.7 Å². The van der Waals surface area contributed by atoms with Crippen molar-refractivity contribution < 1.29 is 13.2 Å². The highest BCUT2D eigenvalue weighted by molar-refractivity contribution is 7.89. The maximum Gasteiger partial charge on any atom is 0.274 e. The van der Waals surface area contributed by atoms with Crippen LogP contribution in [0.2, 0.25) is 0 Å². The average Bonchev–Trinajstić information content (AvgIpc) is 3.19. The molecular weight excluding hydrogens is 326 g/mol. The highest BCUT2D eigenvalue weighted by Crippen LogP contribution is 2.23. The number of amides is 1. The lowest BCUT2D eigenvalue weighted by molar-refractivity contribution is 0.101. The third-order valence-corrected chi connectivity index (χ3v) is 5.97. The van der Waals surface area contributed by atoms with E-state index in [1.807, 2.05) is 0 Å². The van der Waals surface area contributed by atoms with E-state index in [9.17, 15) is 13.2 Å². The standard InChI is InChI=1S/C12H15N5O3S2/c1-16-7-9(22(19,20)17-4-2-3-5-17)6-10(16)11(18)14-12-15-13-8-21-12/h6-8H,2-5H2,1H3,(H,14,15,18). The Morgan fingerprint density at radius 2 is 2.09 bits per heavy atom. The Morgan fingerprint density at radius 1 is 1.36 bits per heavy atom. The van der Waals surface area contributed by atoms with Crippen LogP contribution in [0.1, 0.15) is 23.3 Å².